The number of hydrogen-bond acceptors (Lipinski definition) is 5. The zero-order chi connectivity index (χ0) is 22.2. The Morgan fingerprint density at radius 1 is 1.26 bits per heavy atom. The summed E-state index contributed by atoms with van der Waals surface area (Å²) in [5.41, 5.74) is 1.99. The summed E-state index contributed by atoms with van der Waals surface area (Å²) >= 11 is 1.24. The van der Waals surface area contributed by atoms with E-state index >= 15 is 0 Å². The number of aliphatic hydroxyl groups is 1. The summed E-state index contributed by atoms with van der Waals surface area (Å²) in [5.74, 6) is -0.315. The lowest BCUT2D eigenvalue weighted by Crippen LogP contribution is -2.37. The Kier molecular flexibility index (Phi) is 5.94. The van der Waals surface area contributed by atoms with Gasteiger partial charge in [0.05, 0.1) is 23.9 Å². The van der Waals surface area contributed by atoms with Crippen molar-refractivity contribution in [2.75, 3.05) is 31.7 Å². The minimum Gasteiger partial charge on any atom is -0.465 e. The van der Waals surface area contributed by atoms with Crippen LogP contribution in [0.5, 0.6) is 0 Å². The summed E-state index contributed by atoms with van der Waals surface area (Å²) in [7, 11) is 1.32. The summed E-state index contributed by atoms with van der Waals surface area (Å²) in [6, 6.07) is 9.19. The Balaban J connectivity index is 1.75. The third-order valence-electron chi connectivity index (χ3n) is 5.73. The van der Waals surface area contributed by atoms with E-state index in [1.54, 1.807) is 6.07 Å². The average molecular weight is 449 g/mol. The van der Waals surface area contributed by atoms with Gasteiger partial charge in [-0.2, -0.15) is 13.2 Å². The molecular formula is C23H22F3NO3S. The molecule has 0 saturated carbocycles. The Hall–Kier alpha value is -2.58. The fourth-order valence-electron chi connectivity index (χ4n) is 4.11. The SMILES string of the molecule is COC(=O)c1cc(-c2csc3cc(C(F)(F)F)ccc23)ccc1N1CCC[C@H](CO)C1. The van der Waals surface area contributed by atoms with Crippen molar-refractivity contribution in [2.45, 2.75) is 19.0 Å². The lowest BCUT2D eigenvalue weighted by molar-refractivity contribution is -0.137. The molecule has 1 aliphatic heterocycles. The molecule has 0 spiro atoms. The molecule has 1 aromatic heterocycles. The van der Waals surface area contributed by atoms with Crippen molar-refractivity contribution >= 4 is 33.1 Å². The molecule has 3 aromatic rings. The summed E-state index contributed by atoms with van der Waals surface area (Å²) < 4.78 is 44.6. The summed E-state index contributed by atoms with van der Waals surface area (Å²) in [6.45, 7) is 1.53. The monoisotopic (exact) mass is 449 g/mol. The molecule has 1 fully saturated rings. The maximum Gasteiger partial charge on any atom is 0.416 e. The summed E-state index contributed by atoms with van der Waals surface area (Å²) in [4.78, 5) is 14.6. The number of anilines is 1. The van der Waals surface area contributed by atoms with Crippen molar-refractivity contribution in [2.24, 2.45) is 5.92 Å². The fourth-order valence-corrected chi connectivity index (χ4v) is 5.12. The molecule has 0 radical (unpaired) electrons. The minimum absolute atomic E-state index is 0.100. The predicted octanol–water partition coefficient (Wildman–Crippen LogP) is 5.58. The van der Waals surface area contributed by atoms with Crippen LogP contribution in [0.4, 0.5) is 18.9 Å². The van der Waals surface area contributed by atoms with Crippen LogP contribution in [0.1, 0.15) is 28.8 Å². The van der Waals surface area contributed by atoms with Crippen LogP contribution in [0.2, 0.25) is 0 Å². The van der Waals surface area contributed by atoms with E-state index in [0.29, 0.717) is 22.2 Å². The number of thiophene rings is 1. The molecule has 0 unspecified atom stereocenters. The molecule has 164 valence electrons. The molecule has 0 aliphatic carbocycles. The van der Waals surface area contributed by atoms with Gasteiger partial charge in [0.2, 0.25) is 0 Å². The number of aliphatic hydroxyl groups excluding tert-OH is 1. The van der Waals surface area contributed by atoms with Crippen molar-refractivity contribution < 1.29 is 27.8 Å². The standard InChI is InChI=1S/C23H22F3NO3S/c1-30-22(29)18-9-15(4-7-20(18)27-8-2-3-14(11-27)12-28)19-13-31-21-10-16(23(24,25)26)5-6-17(19)21/h4-7,9-10,13-14,28H,2-3,8,11-12H2,1H3/t14-/m0/s1. The predicted molar refractivity (Wildman–Crippen MR) is 116 cm³/mol. The van der Waals surface area contributed by atoms with Gasteiger partial charge in [-0.3, -0.25) is 0 Å². The van der Waals surface area contributed by atoms with Crippen molar-refractivity contribution in [1.29, 1.82) is 0 Å². The largest absolute Gasteiger partial charge is 0.465 e. The number of carbonyl (C=O) groups excluding carboxylic acids is 1. The molecular weight excluding hydrogens is 427 g/mol. The molecule has 1 N–H and O–H groups in total. The van der Waals surface area contributed by atoms with Gasteiger partial charge in [0, 0.05) is 35.3 Å². The Morgan fingerprint density at radius 2 is 2.06 bits per heavy atom. The van der Waals surface area contributed by atoms with Crippen molar-refractivity contribution in [3.63, 3.8) is 0 Å². The Labute approximate surface area is 181 Å². The third-order valence-corrected chi connectivity index (χ3v) is 6.68. The smallest absolute Gasteiger partial charge is 0.416 e. The lowest BCUT2D eigenvalue weighted by Gasteiger charge is -2.34. The van der Waals surface area contributed by atoms with Gasteiger partial charge in [-0.05, 0) is 54.0 Å². The summed E-state index contributed by atoms with van der Waals surface area (Å²) in [6.07, 6.45) is -2.53. The van der Waals surface area contributed by atoms with Crippen LogP contribution in [-0.4, -0.2) is 37.9 Å². The van der Waals surface area contributed by atoms with Gasteiger partial charge in [0.1, 0.15) is 0 Å². The second-order valence-corrected chi connectivity index (χ2v) is 8.63. The number of carbonyl (C=O) groups is 1. The molecule has 8 heteroatoms. The number of methoxy groups -OCH3 is 1. The first-order valence-electron chi connectivity index (χ1n) is 9.99. The highest BCUT2D eigenvalue weighted by Crippen LogP contribution is 2.39. The van der Waals surface area contributed by atoms with Gasteiger partial charge in [0.15, 0.2) is 0 Å². The topological polar surface area (TPSA) is 49.8 Å². The van der Waals surface area contributed by atoms with E-state index in [-0.39, 0.29) is 12.5 Å². The summed E-state index contributed by atoms with van der Waals surface area (Å²) in [5, 5.41) is 12.0. The maximum atomic E-state index is 13.0. The van der Waals surface area contributed by atoms with Gasteiger partial charge >= 0.3 is 12.1 Å². The van der Waals surface area contributed by atoms with E-state index in [1.165, 1.54) is 24.5 Å². The number of nitrogens with zero attached hydrogens (tertiary/aromatic N) is 1. The molecule has 1 atom stereocenters. The zero-order valence-corrected chi connectivity index (χ0v) is 17.7. The van der Waals surface area contributed by atoms with E-state index in [0.717, 1.165) is 48.3 Å². The lowest BCUT2D eigenvalue weighted by atomic mass is 9.96. The van der Waals surface area contributed by atoms with Crippen LogP contribution in [0.15, 0.2) is 41.8 Å². The number of alkyl halides is 3. The molecule has 31 heavy (non-hydrogen) atoms. The van der Waals surface area contributed by atoms with Crippen LogP contribution >= 0.6 is 11.3 Å². The van der Waals surface area contributed by atoms with Crippen molar-refractivity contribution in [3.05, 3.63) is 52.9 Å². The van der Waals surface area contributed by atoms with Gasteiger partial charge in [-0.25, -0.2) is 4.79 Å². The van der Waals surface area contributed by atoms with E-state index in [4.69, 9.17) is 4.74 Å². The highest BCUT2D eigenvalue weighted by molar-refractivity contribution is 7.17. The maximum absolute atomic E-state index is 13.0. The van der Waals surface area contributed by atoms with Gasteiger partial charge in [-0.1, -0.05) is 12.1 Å². The molecule has 1 aliphatic rings. The van der Waals surface area contributed by atoms with Crippen LogP contribution in [-0.2, 0) is 10.9 Å². The van der Waals surface area contributed by atoms with Crippen LogP contribution in [0.3, 0.4) is 0 Å². The first-order valence-corrected chi connectivity index (χ1v) is 10.9. The molecule has 2 aromatic carbocycles. The number of esters is 1. The number of halogens is 3. The average Bonchev–Trinajstić information content (AvgIpc) is 3.21. The quantitative estimate of drug-likeness (QED) is 0.528. The van der Waals surface area contributed by atoms with Crippen molar-refractivity contribution in [1.82, 2.24) is 0 Å². The van der Waals surface area contributed by atoms with Crippen LogP contribution in [0.25, 0.3) is 21.2 Å². The fraction of sp³-hybridized carbons (Fsp3) is 0.348. The second-order valence-electron chi connectivity index (χ2n) is 7.72. The number of hydrogen-bond donors (Lipinski definition) is 1. The van der Waals surface area contributed by atoms with E-state index in [9.17, 15) is 23.1 Å². The first-order chi connectivity index (χ1) is 14.8. The van der Waals surface area contributed by atoms with Crippen molar-refractivity contribution in [3.8, 4) is 11.1 Å². The van der Waals surface area contributed by atoms with E-state index in [2.05, 4.69) is 4.90 Å². The number of piperidine rings is 1. The van der Waals surface area contributed by atoms with Gasteiger partial charge in [-0.15, -0.1) is 11.3 Å². The third kappa shape index (κ3) is 4.27. The second kappa shape index (κ2) is 8.51. The molecule has 4 rings (SSSR count). The molecule has 1 saturated heterocycles. The first kappa shape index (κ1) is 21.6. The highest BCUT2D eigenvalue weighted by atomic mass is 32.1. The molecule has 0 amide bonds. The molecule has 0 bridgehead atoms. The van der Waals surface area contributed by atoms with E-state index < -0.39 is 17.7 Å². The normalized spacial score (nSPS) is 17.2. The Bertz CT molecular complexity index is 1110. The number of rotatable bonds is 4. The van der Waals surface area contributed by atoms with E-state index in [1.807, 2.05) is 17.5 Å². The van der Waals surface area contributed by atoms with Gasteiger partial charge < -0.3 is 14.7 Å². The molecule has 4 nitrogen and oxygen atoms in total. The molecule has 2 heterocycles. The zero-order valence-electron chi connectivity index (χ0n) is 16.9. The Morgan fingerprint density at radius 3 is 2.77 bits per heavy atom. The highest BCUT2D eigenvalue weighted by Gasteiger charge is 2.31. The number of ether oxygens (including phenoxy) is 1. The van der Waals surface area contributed by atoms with Crippen LogP contribution in [0, 0.1) is 5.92 Å². The number of fused-ring (bicyclic) bond motifs is 1. The number of benzene rings is 2. The minimum atomic E-state index is -4.39. The van der Waals surface area contributed by atoms with Crippen LogP contribution < -0.4 is 4.90 Å². The van der Waals surface area contributed by atoms with Gasteiger partial charge in [0.25, 0.3) is 0 Å².